The predicted octanol–water partition coefficient (Wildman–Crippen LogP) is 5.16. The van der Waals surface area contributed by atoms with E-state index in [-0.39, 0.29) is 5.91 Å². The number of para-hydroxylation sites is 2. The highest BCUT2D eigenvalue weighted by Gasteiger charge is 2.13. The standard InChI is InChI=1S/C22H17NO2/c1-25-17-13-10-16(11-14-17)12-15-22(24)23-20-8-4-2-6-18(20)19-7-3-5-9-21(19)23/h2-15H,1H3/b15-12+. The predicted molar refractivity (Wildman–Crippen MR) is 102 cm³/mol. The van der Waals surface area contributed by atoms with Crippen molar-refractivity contribution in [2.75, 3.05) is 7.11 Å². The Morgan fingerprint density at radius 3 is 1.96 bits per heavy atom. The van der Waals surface area contributed by atoms with E-state index in [2.05, 4.69) is 12.1 Å². The Morgan fingerprint density at radius 1 is 0.840 bits per heavy atom. The number of allylic oxidation sites excluding steroid dienone is 1. The molecular weight excluding hydrogens is 310 g/mol. The number of rotatable bonds is 3. The fourth-order valence-corrected chi connectivity index (χ4v) is 3.12. The van der Waals surface area contributed by atoms with Crippen molar-refractivity contribution in [3.05, 3.63) is 84.4 Å². The molecule has 0 aliphatic heterocycles. The van der Waals surface area contributed by atoms with E-state index in [0.717, 1.165) is 33.1 Å². The molecule has 0 radical (unpaired) electrons. The Kier molecular flexibility index (Phi) is 3.82. The van der Waals surface area contributed by atoms with Gasteiger partial charge in [-0.2, -0.15) is 0 Å². The van der Waals surface area contributed by atoms with Crippen LogP contribution in [-0.2, 0) is 0 Å². The number of nitrogens with zero attached hydrogens (tertiary/aromatic N) is 1. The molecule has 1 aromatic heterocycles. The number of aromatic nitrogens is 1. The maximum Gasteiger partial charge on any atom is 0.255 e. The minimum atomic E-state index is -0.0618. The van der Waals surface area contributed by atoms with Crippen LogP contribution < -0.4 is 4.74 Å². The summed E-state index contributed by atoms with van der Waals surface area (Å²) in [6, 6.07) is 23.6. The Balaban J connectivity index is 1.77. The van der Waals surface area contributed by atoms with Crippen LogP contribution in [0.2, 0.25) is 0 Å². The summed E-state index contributed by atoms with van der Waals surface area (Å²) < 4.78 is 6.92. The molecule has 4 rings (SSSR count). The van der Waals surface area contributed by atoms with Crippen molar-refractivity contribution in [1.29, 1.82) is 0 Å². The molecule has 3 heteroatoms. The van der Waals surface area contributed by atoms with Crippen molar-refractivity contribution >= 4 is 33.8 Å². The van der Waals surface area contributed by atoms with Gasteiger partial charge in [-0.1, -0.05) is 48.5 Å². The van der Waals surface area contributed by atoms with Gasteiger partial charge in [0, 0.05) is 16.8 Å². The topological polar surface area (TPSA) is 31.2 Å². The molecular formula is C22H17NO2. The number of carbonyl (C=O) groups is 1. The summed E-state index contributed by atoms with van der Waals surface area (Å²) in [6.45, 7) is 0. The monoisotopic (exact) mass is 327 g/mol. The maximum absolute atomic E-state index is 12.9. The van der Waals surface area contributed by atoms with E-state index in [1.165, 1.54) is 0 Å². The smallest absolute Gasteiger partial charge is 0.255 e. The largest absolute Gasteiger partial charge is 0.497 e. The van der Waals surface area contributed by atoms with Crippen molar-refractivity contribution in [1.82, 2.24) is 4.57 Å². The normalized spacial score (nSPS) is 11.4. The summed E-state index contributed by atoms with van der Waals surface area (Å²) in [5.41, 5.74) is 2.80. The van der Waals surface area contributed by atoms with E-state index in [1.54, 1.807) is 17.8 Å². The molecule has 0 unspecified atom stereocenters. The first-order valence-electron chi connectivity index (χ1n) is 8.12. The zero-order chi connectivity index (χ0) is 17.2. The lowest BCUT2D eigenvalue weighted by atomic mass is 10.2. The lowest BCUT2D eigenvalue weighted by molar-refractivity contribution is 0.0979. The van der Waals surface area contributed by atoms with Crippen LogP contribution in [0, 0.1) is 0 Å². The molecule has 25 heavy (non-hydrogen) atoms. The summed E-state index contributed by atoms with van der Waals surface area (Å²) in [5.74, 6) is 0.735. The van der Waals surface area contributed by atoms with Crippen LogP contribution in [0.4, 0.5) is 0 Å². The van der Waals surface area contributed by atoms with Gasteiger partial charge in [-0.25, -0.2) is 0 Å². The fraction of sp³-hybridized carbons (Fsp3) is 0.0455. The van der Waals surface area contributed by atoms with Gasteiger partial charge >= 0.3 is 0 Å². The number of benzene rings is 3. The minimum Gasteiger partial charge on any atom is -0.497 e. The SMILES string of the molecule is COc1ccc(/C=C/C(=O)n2c3ccccc3c3ccccc32)cc1. The van der Waals surface area contributed by atoms with E-state index in [9.17, 15) is 4.79 Å². The number of carbonyl (C=O) groups excluding carboxylic acids is 1. The number of hydrogen-bond acceptors (Lipinski definition) is 2. The number of hydrogen-bond donors (Lipinski definition) is 0. The highest BCUT2D eigenvalue weighted by Crippen LogP contribution is 2.28. The third-order valence-corrected chi connectivity index (χ3v) is 4.33. The Morgan fingerprint density at radius 2 is 1.40 bits per heavy atom. The van der Waals surface area contributed by atoms with Crippen molar-refractivity contribution < 1.29 is 9.53 Å². The quantitative estimate of drug-likeness (QED) is 0.487. The molecule has 0 N–H and O–H groups in total. The molecule has 0 bridgehead atoms. The van der Waals surface area contributed by atoms with Crippen molar-refractivity contribution in [2.45, 2.75) is 0 Å². The molecule has 3 aromatic carbocycles. The lowest BCUT2D eigenvalue weighted by Crippen LogP contribution is -2.06. The van der Waals surface area contributed by atoms with Gasteiger partial charge in [-0.3, -0.25) is 9.36 Å². The van der Waals surface area contributed by atoms with Gasteiger partial charge in [0.05, 0.1) is 18.1 Å². The average Bonchev–Trinajstić information content (AvgIpc) is 3.01. The molecule has 0 spiro atoms. The average molecular weight is 327 g/mol. The summed E-state index contributed by atoms with van der Waals surface area (Å²) in [6.07, 6.45) is 3.44. The first kappa shape index (κ1) is 15.2. The highest BCUT2D eigenvalue weighted by molar-refractivity contribution is 6.15. The van der Waals surface area contributed by atoms with E-state index in [0.29, 0.717) is 0 Å². The van der Waals surface area contributed by atoms with Crippen LogP contribution in [0.5, 0.6) is 5.75 Å². The summed E-state index contributed by atoms with van der Waals surface area (Å²) in [7, 11) is 1.64. The molecule has 4 aromatic rings. The molecule has 0 atom stereocenters. The maximum atomic E-state index is 12.9. The Hall–Kier alpha value is -3.33. The van der Waals surface area contributed by atoms with Gasteiger partial charge in [-0.05, 0) is 35.9 Å². The van der Waals surface area contributed by atoms with Crippen LogP contribution in [0.25, 0.3) is 27.9 Å². The van der Waals surface area contributed by atoms with Gasteiger partial charge in [-0.15, -0.1) is 0 Å². The second-order valence-corrected chi connectivity index (χ2v) is 5.81. The molecule has 0 fully saturated rings. The van der Waals surface area contributed by atoms with E-state index in [1.807, 2.05) is 66.7 Å². The third-order valence-electron chi connectivity index (χ3n) is 4.33. The molecule has 0 saturated heterocycles. The summed E-state index contributed by atoms with van der Waals surface area (Å²) in [5, 5.41) is 2.17. The number of ether oxygens (including phenoxy) is 1. The number of methoxy groups -OCH3 is 1. The zero-order valence-electron chi connectivity index (χ0n) is 13.8. The molecule has 0 aliphatic rings. The molecule has 3 nitrogen and oxygen atoms in total. The van der Waals surface area contributed by atoms with Crippen LogP contribution in [-0.4, -0.2) is 17.6 Å². The van der Waals surface area contributed by atoms with Crippen molar-refractivity contribution in [2.24, 2.45) is 0 Å². The van der Waals surface area contributed by atoms with Gasteiger partial charge in [0.1, 0.15) is 5.75 Å². The van der Waals surface area contributed by atoms with Crippen molar-refractivity contribution in [3.8, 4) is 5.75 Å². The molecule has 122 valence electrons. The van der Waals surface area contributed by atoms with Gasteiger partial charge in [0.15, 0.2) is 0 Å². The van der Waals surface area contributed by atoms with Crippen LogP contribution in [0.3, 0.4) is 0 Å². The lowest BCUT2D eigenvalue weighted by Gasteiger charge is -2.02. The molecule has 0 aliphatic carbocycles. The van der Waals surface area contributed by atoms with Gasteiger partial charge < -0.3 is 4.74 Å². The second-order valence-electron chi connectivity index (χ2n) is 5.81. The van der Waals surface area contributed by atoms with E-state index < -0.39 is 0 Å². The van der Waals surface area contributed by atoms with E-state index >= 15 is 0 Å². The van der Waals surface area contributed by atoms with Gasteiger partial charge in [0.25, 0.3) is 5.91 Å². The second kappa shape index (κ2) is 6.29. The minimum absolute atomic E-state index is 0.0618. The molecule has 0 saturated carbocycles. The Labute approximate surface area is 145 Å². The Bertz CT molecular complexity index is 1030. The third kappa shape index (κ3) is 2.70. The van der Waals surface area contributed by atoms with Gasteiger partial charge in [0.2, 0.25) is 0 Å². The molecule has 0 amide bonds. The summed E-state index contributed by atoms with van der Waals surface area (Å²) in [4.78, 5) is 12.9. The molecule has 1 heterocycles. The number of fused-ring (bicyclic) bond motifs is 3. The van der Waals surface area contributed by atoms with Crippen LogP contribution in [0.15, 0.2) is 78.9 Å². The first-order valence-corrected chi connectivity index (χ1v) is 8.12. The highest BCUT2D eigenvalue weighted by atomic mass is 16.5. The van der Waals surface area contributed by atoms with Crippen molar-refractivity contribution in [3.63, 3.8) is 0 Å². The first-order chi connectivity index (χ1) is 12.3. The zero-order valence-corrected chi connectivity index (χ0v) is 13.8. The van der Waals surface area contributed by atoms with Crippen LogP contribution >= 0.6 is 0 Å². The fourth-order valence-electron chi connectivity index (χ4n) is 3.12. The van der Waals surface area contributed by atoms with Crippen LogP contribution in [0.1, 0.15) is 10.4 Å². The summed E-state index contributed by atoms with van der Waals surface area (Å²) >= 11 is 0. The van der Waals surface area contributed by atoms with E-state index in [4.69, 9.17) is 4.74 Å².